The summed E-state index contributed by atoms with van der Waals surface area (Å²) in [4.78, 5) is 12.0. The zero-order chi connectivity index (χ0) is 11.3. The third-order valence-corrected chi connectivity index (χ3v) is 2.61. The number of ketones is 1. The number of carbonyl (C=O) groups excluding carboxylic acids is 1. The second-order valence-corrected chi connectivity index (χ2v) is 3.68. The number of benzene rings is 1. The Morgan fingerprint density at radius 3 is 2.40 bits per heavy atom. The molecule has 0 heterocycles. The first kappa shape index (κ1) is 11.9. The van der Waals surface area contributed by atoms with E-state index in [1.807, 2.05) is 51.1 Å². The molecular formula is C13H18O2. The van der Waals surface area contributed by atoms with Gasteiger partial charge >= 0.3 is 0 Å². The van der Waals surface area contributed by atoms with Crippen LogP contribution >= 0.6 is 0 Å². The maximum Gasteiger partial charge on any atom is 0.168 e. The zero-order valence-electron chi connectivity index (χ0n) is 9.57. The van der Waals surface area contributed by atoms with E-state index in [0.29, 0.717) is 6.61 Å². The lowest BCUT2D eigenvalue weighted by Gasteiger charge is -2.18. The molecule has 0 saturated heterocycles. The van der Waals surface area contributed by atoms with Gasteiger partial charge in [-0.2, -0.15) is 0 Å². The molecule has 0 aliphatic rings. The molecular weight excluding hydrogens is 188 g/mol. The lowest BCUT2D eigenvalue weighted by molar-refractivity contribution is 0.0357. The molecule has 1 aromatic carbocycles. The van der Waals surface area contributed by atoms with Gasteiger partial charge in [0.2, 0.25) is 0 Å². The van der Waals surface area contributed by atoms with Crippen LogP contribution in [-0.4, -0.2) is 18.5 Å². The van der Waals surface area contributed by atoms with Gasteiger partial charge in [0.15, 0.2) is 5.78 Å². The Kier molecular flexibility index (Phi) is 4.50. The van der Waals surface area contributed by atoms with Gasteiger partial charge in [-0.15, -0.1) is 0 Å². The van der Waals surface area contributed by atoms with Crippen molar-refractivity contribution >= 4 is 5.78 Å². The molecule has 2 heteroatoms. The second kappa shape index (κ2) is 5.66. The van der Waals surface area contributed by atoms with E-state index < -0.39 is 0 Å². The van der Waals surface area contributed by atoms with Crippen LogP contribution in [-0.2, 0) is 4.74 Å². The number of hydrogen-bond acceptors (Lipinski definition) is 2. The van der Waals surface area contributed by atoms with Crippen LogP contribution < -0.4 is 0 Å². The Bertz CT molecular complexity index is 306. The fourth-order valence-electron chi connectivity index (χ4n) is 1.49. The normalized spacial score (nSPS) is 14.6. The minimum absolute atomic E-state index is 0.0253. The summed E-state index contributed by atoms with van der Waals surface area (Å²) in [7, 11) is 0. The Hall–Kier alpha value is -1.15. The summed E-state index contributed by atoms with van der Waals surface area (Å²) < 4.78 is 5.43. The van der Waals surface area contributed by atoms with Crippen LogP contribution in [0.5, 0.6) is 0 Å². The first-order valence-corrected chi connectivity index (χ1v) is 5.37. The lowest BCUT2D eigenvalue weighted by Crippen LogP contribution is -2.25. The Labute approximate surface area is 91.3 Å². The molecule has 82 valence electrons. The maximum atomic E-state index is 12.0. The molecule has 0 fully saturated rings. The molecule has 15 heavy (non-hydrogen) atoms. The summed E-state index contributed by atoms with van der Waals surface area (Å²) in [6, 6.07) is 9.36. The second-order valence-electron chi connectivity index (χ2n) is 3.68. The largest absolute Gasteiger partial charge is 0.378 e. The maximum absolute atomic E-state index is 12.0. The van der Waals surface area contributed by atoms with Crippen molar-refractivity contribution in [2.45, 2.75) is 26.9 Å². The van der Waals surface area contributed by atoms with Crippen LogP contribution in [0.25, 0.3) is 0 Å². The van der Waals surface area contributed by atoms with Crippen LogP contribution in [0.1, 0.15) is 31.1 Å². The first-order chi connectivity index (χ1) is 7.16. The molecule has 0 radical (unpaired) electrons. The van der Waals surface area contributed by atoms with Gasteiger partial charge in [-0.25, -0.2) is 0 Å². The molecule has 2 unspecified atom stereocenters. The molecule has 0 spiro atoms. The average Bonchev–Trinajstić information content (AvgIpc) is 2.28. The monoisotopic (exact) mass is 206 g/mol. The van der Waals surface area contributed by atoms with Gasteiger partial charge in [0.25, 0.3) is 0 Å². The summed E-state index contributed by atoms with van der Waals surface area (Å²) in [6.07, 6.45) is -0.0253. The predicted molar refractivity (Wildman–Crippen MR) is 61.0 cm³/mol. The van der Waals surface area contributed by atoms with Gasteiger partial charge in [-0.05, 0) is 13.8 Å². The van der Waals surface area contributed by atoms with Gasteiger partial charge in [0, 0.05) is 18.1 Å². The van der Waals surface area contributed by atoms with Crippen LogP contribution in [0.2, 0.25) is 0 Å². The van der Waals surface area contributed by atoms with Gasteiger partial charge in [-0.1, -0.05) is 37.3 Å². The van der Waals surface area contributed by atoms with Crippen molar-refractivity contribution in [3.8, 4) is 0 Å². The summed E-state index contributed by atoms with van der Waals surface area (Å²) in [6.45, 7) is 6.44. The highest BCUT2D eigenvalue weighted by molar-refractivity contribution is 5.97. The summed E-state index contributed by atoms with van der Waals surface area (Å²) >= 11 is 0. The molecule has 0 bridgehead atoms. The summed E-state index contributed by atoms with van der Waals surface area (Å²) in [5.41, 5.74) is 0.761. The van der Waals surface area contributed by atoms with Crippen LogP contribution in [0.3, 0.4) is 0 Å². The molecule has 0 aliphatic carbocycles. The van der Waals surface area contributed by atoms with E-state index in [4.69, 9.17) is 4.74 Å². The first-order valence-electron chi connectivity index (χ1n) is 5.37. The number of carbonyl (C=O) groups is 1. The van der Waals surface area contributed by atoms with Crippen molar-refractivity contribution < 1.29 is 9.53 Å². The van der Waals surface area contributed by atoms with E-state index in [9.17, 15) is 4.79 Å². The topological polar surface area (TPSA) is 26.3 Å². The third-order valence-electron chi connectivity index (χ3n) is 2.61. The van der Waals surface area contributed by atoms with E-state index in [2.05, 4.69) is 0 Å². The van der Waals surface area contributed by atoms with Crippen molar-refractivity contribution in [2.24, 2.45) is 5.92 Å². The van der Waals surface area contributed by atoms with E-state index in [0.717, 1.165) is 5.56 Å². The number of hydrogen-bond donors (Lipinski definition) is 0. The quantitative estimate of drug-likeness (QED) is 0.692. The van der Waals surface area contributed by atoms with Crippen LogP contribution in [0.15, 0.2) is 30.3 Å². The van der Waals surface area contributed by atoms with Crippen LogP contribution in [0, 0.1) is 5.92 Å². The fraction of sp³-hybridized carbons (Fsp3) is 0.462. The highest BCUT2D eigenvalue weighted by atomic mass is 16.5. The minimum atomic E-state index is -0.0904. The van der Waals surface area contributed by atoms with Crippen molar-refractivity contribution in [3.05, 3.63) is 35.9 Å². The van der Waals surface area contributed by atoms with E-state index in [1.165, 1.54) is 0 Å². The number of rotatable bonds is 5. The summed E-state index contributed by atoms with van der Waals surface area (Å²) in [5.74, 6) is 0.0592. The van der Waals surface area contributed by atoms with Crippen molar-refractivity contribution in [2.75, 3.05) is 6.61 Å². The van der Waals surface area contributed by atoms with Crippen molar-refractivity contribution in [3.63, 3.8) is 0 Å². The molecule has 0 saturated carbocycles. The van der Waals surface area contributed by atoms with Crippen LogP contribution in [0.4, 0.5) is 0 Å². The van der Waals surface area contributed by atoms with E-state index in [1.54, 1.807) is 0 Å². The Balaban J connectivity index is 2.69. The standard InChI is InChI=1S/C13H18O2/c1-4-15-11(3)10(2)13(14)12-8-6-5-7-9-12/h5-11H,4H2,1-3H3. The molecule has 0 aromatic heterocycles. The highest BCUT2D eigenvalue weighted by Gasteiger charge is 2.21. The number of ether oxygens (including phenoxy) is 1. The fourth-order valence-corrected chi connectivity index (χ4v) is 1.49. The molecule has 0 N–H and O–H groups in total. The predicted octanol–water partition coefficient (Wildman–Crippen LogP) is 2.93. The highest BCUT2D eigenvalue weighted by Crippen LogP contribution is 2.14. The van der Waals surface area contributed by atoms with Gasteiger partial charge in [0.05, 0.1) is 6.10 Å². The van der Waals surface area contributed by atoms with Gasteiger partial charge < -0.3 is 4.74 Å². The number of Topliss-reactive ketones (excluding diaryl/α,β-unsaturated/α-hetero) is 1. The van der Waals surface area contributed by atoms with E-state index >= 15 is 0 Å². The van der Waals surface area contributed by atoms with E-state index in [-0.39, 0.29) is 17.8 Å². The SMILES string of the molecule is CCOC(C)C(C)C(=O)c1ccccc1. The third kappa shape index (κ3) is 3.17. The molecule has 0 amide bonds. The molecule has 2 atom stereocenters. The average molecular weight is 206 g/mol. The molecule has 0 aliphatic heterocycles. The van der Waals surface area contributed by atoms with Gasteiger partial charge in [-0.3, -0.25) is 4.79 Å². The van der Waals surface area contributed by atoms with Crippen molar-refractivity contribution in [1.82, 2.24) is 0 Å². The minimum Gasteiger partial charge on any atom is -0.378 e. The Morgan fingerprint density at radius 2 is 1.87 bits per heavy atom. The Morgan fingerprint density at radius 1 is 1.27 bits per heavy atom. The molecule has 1 rings (SSSR count). The smallest absolute Gasteiger partial charge is 0.168 e. The summed E-state index contributed by atoms with van der Waals surface area (Å²) in [5, 5.41) is 0. The van der Waals surface area contributed by atoms with Gasteiger partial charge in [0.1, 0.15) is 0 Å². The zero-order valence-corrected chi connectivity index (χ0v) is 9.57. The van der Waals surface area contributed by atoms with Crippen molar-refractivity contribution in [1.29, 1.82) is 0 Å². The molecule has 1 aromatic rings. The lowest BCUT2D eigenvalue weighted by atomic mass is 9.95. The molecule has 2 nitrogen and oxygen atoms in total.